The third kappa shape index (κ3) is 5.56. The lowest BCUT2D eigenvalue weighted by molar-refractivity contribution is 0.0975. The van der Waals surface area contributed by atoms with E-state index in [1.54, 1.807) is 24.3 Å². The number of primary amides is 1. The smallest absolute Gasteiger partial charge is 0.257 e. The predicted molar refractivity (Wildman–Crippen MR) is 122 cm³/mol. The van der Waals surface area contributed by atoms with Crippen LogP contribution in [0, 0.1) is 0 Å². The second-order valence-corrected chi connectivity index (χ2v) is 8.27. The summed E-state index contributed by atoms with van der Waals surface area (Å²) in [4.78, 5) is 25.6. The van der Waals surface area contributed by atoms with Crippen molar-refractivity contribution in [2.75, 3.05) is 25.1 Å². The molecule has 3 rings (SSSR count). The van der Waals surface area contributed by atoms with Gasteiger partial charge in [0.2, 0.25) is 0 Å². The number of hydrogen-bond donors (Lipinski definition) is 3. The maximum Gasteiger partial charge on any atom is 0.257 e. The lowest BCUT2D eigenvalue weighted by atomic mass is 9.95. The van der Waals surface area contributed by atoms with E-state index in [2.05, 4.69) is 10.6 Å². The van der Waals surface area contributed by atoms with Gasteiger partial charge in [-0.2, -0.15) is 0 Å². The molecule has 1 aliphatic carbocycles. The van der Waals surface area contributed by atoms with E-state index in [1.165, 1.54) is 11.3 Å². The zero-order valence-corrected chi connectivity index (χ0v) is 18.4. The average Bonchev–Trinajstić information content (AvgIpc) is 3.09. The molecule has 9 heteroatoms. The van der Waals surface area contributed by atoms with Gasteiger partial charge in [0.1, 0.15) is 17.4 Å². The van der Waals surface area contributed by atoms with Crippen molar-refractivity contribution in [2.24, 2.45) is 5.73 Å². The van der Waals surface area contributed by atoms with Crippen molar-refractivity contribution in [3.63, 3.8) is 0 Å². The zero-order valence-electron chi connectivity index (χ0n) is 16.8. The van der Waals surface area contributed by atoms with Gasteiger partial charge in [-0.15, -0.1) is 11.3 Å². The molecule has 0 radical (unpaired) electrons. The largest absolute Gasteiger partial charge is 0.491 e. The molecule has 0 atom stereocenters. The molecule has 2 amide bonds. The summed E-state index contributed by atoms with van der Waals surface area (Å²) in [7, 11) is 0. The number of fused-ring (bicyclic) bond motifs is 1. The fourth-order valence-electron chi connectivity index (χ4n) is 3.29. The highest BCUT2D eigenvalue weighted by Crippen LogP contribution is 2.37. The highest BCUT2D eigenvalue weighted by atomic mass is 32.1. The molecule has 0 fully saturated rings. The maximum atomic E-state index is 12.5. The van der Waals surface area contributed by atoms with E-state index in [1.807, 2.05) is 6.92 Å². The predicted octanol–water partition coefficient (Wildman–Crippen LogP) is 3.27. The molecule has 30 heavy (non-hydrogen) atoms. The van der Waals surface area contributed by atoms with Gasteiger partial charge in [0.05, 0.1) is 12.2 Å². The number of thiocarbonyl (C=S) groups is 1. The van der Waals surface area contributed by atoms with Crippen molar-refractivity contribution in [3.05, 3.63) is 45.8 Å². The number of rotatable bonds is 8. The van der Waals surface area contributed by atoms with E-state index in [0.29, 0.717) is 41.7 Å². The molecule has 1 aromatic carbocycles. The number of aryl methyl sites for hydroxylation is 1. The summed E-state index contributed by atoms with van der Waals surface area (Å²) in [5.74, 6) is -0.177. The monoisotopic (exact) mass is 447 g/mol. The highest BCUT2D eigenvalue weighted by Gasteiger charge is 2.24. The number of benzene rings is 1. The van der Waals surface area contributed by atoms with Crippen LogP contribution in [0.5, 0.6) is 5.75 Å². The van der Waals surface area contributed by atoms with Gasteiger partial charge in [-0.25, -0.2) is 0 Å². The minimum absolute atomic E-state index is 0.123. The van der Waals surface area contributed by atoms with Gasteiger partial charge in [0.15, 0.2) is 5.11 Å². The van der Waals surface area contributed by atoms with Crippen LogP contribution in [-0.4, -0.2) is 36.7 Å². The van der Waals surface area contributed by atoms with E-state index >= 15 is 0 Å². The van der Waals surface area contributed by atoms with E-state index in [-0.39, 0.29) is 11.0 Å². The van der Waals surface area contributed by atoms with Gasteiger partial charge in [-0.05, 0) is 74.7 Å². The molecule has 0 unspecified atom stereocenters. The van der Waals surface area contributed by atoms with Crippen molar-refractivity contribution >= 4 is 45.5 Å². The summed E-state index contributed by atoms with van der Waals surface area (Å²) in [5.41, 5.74) is 7.53. The van der Waals surface area contributed by atoms with Crippen LogP contribution < -0.4 is 21.1 Å². The number of hydrogen-bond acceptors (Lipinski definition) is 6. The normalized spacial score (nSPS) is 12.7. The molecule has 0 aliphatic heterocycles. The van der Waals surface area contributed by atoms with Crippen LogP contribution in [0.3, 0.4) is 0 Å². The van der Waals surface area contributed by atoms with Gasteiger partial charge < -0.3 is 20.5 Å². The molecule has 1 aromatic heterocycles. The molecule has 0 bridgehead atoms. The van der Waals surface area contributed by atoms with Crippen molar-refractivity contribution < 1.29 is 19.1 Å². The van der Waals surface area contributed by atoms with E-state index < -0.39 is 5.91 Å². The second-order valence-electron chi connectivity index (χ2n) is 6.76. The summed E-state index contributed by atoms with van der Waals surface area (Å²) < 4.78 is 10.8. The Balaban J connectivity index is 1.59. The quantitative estimate of drug-likeness (QED) is 0.424. The average molecular weight is 448 g/mol. The fraction of sp³-hybridized carbons (Fsp3) is 0.381. The molecular weight excluding hydrogens is 422 g/mol. The first-order valence-corrected chi connectivity index (χ1v) is 11.1. The summed E-state index contributed by atoms with van der Waals surface area (Å²) >= 11 is 6.76. The Morgan fingerprint density at radius 3 is 2.60 bits per heavy atom. The topological polar surface area (TPSA) is 103 Å². The molecule has 7 nitrogen and oxygen atoms in total. The van der Waals surface area contributed by atoms with Crippen LogP contribution in [-0.2, 0) is 17.6 Å². The molecule has 1 aliphatic rings. The number of nitrogens with one attached hydrogen (secondary N) is 2. The number of anilines is 1. The van der Waals surface area contributed by atoms with Crippen LogP contribution in [0.25, 0.3) is 0 Å². The van der Waals surface area contributed by atoms with Crippen LogP contribution in [0.1, 0.15) is 50.9 Å². The van der Waals surface area contributed by atoms with Gasteiger partial charge in [-0.3, -0.25) is 14.9 Å². The minimum atomic E-state index is -0.481. The van der Waals surface area contributed by atoms with Crippen LogP contribution in [0.2, 0.25) is 0 Å². The number of thiophene rings is 1. The van der Waals surface area contributed by atoms with Crippen molar-refractivity contribution in [2.45, 2.75) is 32.6 Å². The third-order valence-electron chi connectivity index (χ3n) is 4.69. The Morgan fingerprint density at radius 2 is 1.90 bits per heavy atom. The Kier molecular flexibility index (Phi) is 7.78. The van der Waals surface area contributed by atoms with Crippen LogP contribution in [0.4, 0.5) is 5.00 Å². The molecule has 0 saturated heterocycles. The number of ether oxygens (including phenoxy) is 2. The number of nitrogens with two attached hydrogens (primary N) is 1. The Labute approximate surface area is 184 Å². The third-order valence-corrected chi connectivity index (χ3v) is 6.10. The highest BCUT2D eigenvalue weighted by molar-refractivity contribution is 7.80. The zero-order chi connectivity index (χ0) is 21.5. The Morgan fingerprint density at radius 1 is 1.17 bits per heavy atom. The fourth-order valence-corrected chi connectivity index (χ4v) is 4.85. The molecule has 4 N–H and O–H groups in total. The van der Waals surface area contributed by atoms with Crippen LogP contribution in [0.15, 0.2) is 24.3 Å². The molecule has 1 heterocycles. The van der Waals surface area contributed by atoms with Crippen molar-refractivity contribution in [3.8, 4) is 5.75 Å². The Bertz CT molecular complexity index is 925. The van der Waals surface area contributed by atoms with E-state index in [0.717, 1.165) is 36.1 Å². The van der Waals surface area contributed by atoms with E-state index in [9.17, 15) is 9.59 Å². The summed E-state index contributed by atoms with van der Waals surface area (Å²) in [6, 6.07) is 6.75. The molecule has 0 spiro atoms. The van der Waals surface area contributed by atoms with Crippen LogP contribution >= 0.6 is 23.6 Å². The van der Waals surface area contributed by atoms with Gasteiger partial charge in [0.25, 0.3) is 11.8 Å². The van der Waals surface area contributed by atoms with Crippen molar-refractivity contribution in [1.82, 2.24) is 5.32 Å². The first kappa shape index (κ1) is 22.2. The molecule has 2 aromatic rings. The van der Waals surface area contributed by atoms with Gasteiger partial charge >= 0.3 is 0 Å². The lowest BCUT2D eigenvalue weighted by Gasteiger charge is -2.12. The first-order chi connectivity index (χ1) is 14.5. The summed E-state index contributed by atoms with van der Waals surface area (Å²) in [6.07, 6.45) is 3.90. The van der Waals surface area contributed by atoms with Gasteiger partial charge in [-0.1, -0.05) is 0 Å². The molecular formula is C21H25N3O4S2. The van der Waals surface area contributed by atoms with Crippen molar-refractivity contribution in [1.29, 1.82) is 0 Å². The standard InChI is InChI=1S/C21H25N3O4S2/c1-2-27-11-12-28-14-9-7-13(8-10-14)19(26)23-21(29)24-20-17(18(22)25)15-5-3-4-6-16(15)30-20/h7-10H,2-6,11-12H2,1H3,(H2,22,25)(H2,23,24,26,29). The lowest BCUT2D eigenvalue weighted by Crippen LogP contribution is -2.34. The number of amides is 2. The van der Waals surface area contributed by atoms with Gasteiger partial charge in [0, 0.05) is 17.0 Å². The maximum absolute atomic E-state index is 12.5. The minimum Gasteiger partial charge on any atom is -0.491 e. The van der Waals surface area contributed by atoms with E-state index in [4.69, 9.17) is 27.4 Å². The summed E-state index contributed by atoms with van der Waals surface area (Å²) in [6.45, 7) is 3.53. The SMILES string of the molecule is CCOCCOc1ccc(C(=O)NC(=S)Nc2sc3c(c2C(N)=O)CCCC3)cc1. The number of carbonyl (C=O) groups excluding carboxylic acids is 2. The Hall–Kier alpha value is -2.49. The second kappa shape index (κ2) is 10.5. The summed E-state index contributed by atoms with van der Waals surface area (Å²) in [5, 5.41) is 6.34. The molecule has 0 saturated carbocycles. The molecule has 160 valence electrons. The first-order valence-electron chi connectivity index (χ1n) is 9.87. The number of carbonyl (C=O) groups is 2.